The molecule has 0 radical (unpaired) electrons. The van der Waals surface area contributed by atoms with Gasteiger partial charge in [-0.2, -0.15) is 0 Å². The Kier molecular flexibility index (Phi) is 10.7. The molecule has 7 nitrogen and oxygen atoms in total. The van der Waals surface area contributed by atoms with Crippen molar-refractivity contribution in [1.82, 2.24) is 10.2 Å². The van der Waals surface area contributed by atoms with Gasteiger partial charge < -0.3 is 10.2 Å². The van der Waals surface area contributed by atoms with Crippen molar-refractivity contribution in [3.05, 3.63) is 95.6 Å². The first-order chi connectivity index (χ1) is 18.7. The molecule has 0 saturated carbocycles. The fourth-order valence-electron chi connectivity index (χ4n) is 4.44. The summed E-state index contributed by atoms with van der Waals surface area (Å²) >= 11 is 0. The molecule has 0 heterocycles. The van der Waals surface area contributed by atoms with E-state index in [2.05, 4.69) is 5.32 Å². The van der Waals surface area contributed by atoms with Crippen molar-refractivity contribution in [1.29, 1.82) is 0 Å². The molecule has 0 aromatic heterocycles. The summed E-state index contributed by atoms with van der Waals surface area (Å²) in [7, 11) is -4.08. The molecule has 0 aliphatic carbocycles. The van der Waals surface area contributed by atoms with Crippen molar-refractivity contribution in [2.24, 2.45) is 0 Å². The molecule has 1 unspecified atom stereocenters. The van der Waals surface area contributed by atoms with E-state index in [4.69, 9.17) is 0 Å². The maximum atomic E-state index is 14.1. The van der Waals surface area contributed by atoms with Gasteiger partial charge in [-0.05, 0) is 61.6 Å². The number of rotatable bonds is 13. The van der Waals surface area contributed by atoms with Crippen LogP contribution in [0.2, 0.25) is 0 Å². The summed E-state index contributed by atoms with van der Waals surface area (Å²) in [5.74, 6) is -0.684. The van der Waals surface area contributed by atoms with Gasteiger partial charge in [-0.15, -0.1) is 0 Å². The van der Waals surface area contributed by atoms with Gasteiger partial charge in [0.25, 0.3) is 10.0 Å². The minimum absolute atomic E-state index is 0.0951. The molecule has 1 N–H and O–H groups in total. The van der Waals surface area contributed by atoms with Crippen LogP contribution in [0.5, 0.6) is 0 Å². The molecule has 8 heteroatoms. The minimum atomic E-state index is -4.08. The van der Waals surface area contributed by atoms with Crippen LogP contribution in [0.15, 0.2) is 83.8 Å². The number of benzene rings is 3. The van der Waals surface area contributed by atoms with Gasteiger partial charge in [0.1, 0.15) is 12.6 Å². The van der Waals surface area contributed by atoms with E-state index in [9.17, 15) is 18.0 Å². The number of amides is 2. The van der Waals surface area contributed by atoms with Gasteiger partial charge in [0.15, 0.2) is 0 Å². The second kappa shape index (κ2) is 13.9. The zero-order chi connectivity index (χ0) is 28.4. The summed E-state index contributed by atoms with van der Waals surface area (Å²) in [5, 5.41) is 2.95. The third-order valence-electron chi connectivity index (χ3n) is 6.87. The Balaban J connectivity index is 2.05. The number of sulfonamides is 1. The van der Waals surface area contributed by atoms with Gasteiger partial charge in [0.05, 0.1) is 10.6 Å². The topological polar surface area (TPSA) is 86.8 Å². The molecule has 1 atom stereocenters. The first-order valence-corrected chi connectivity index (χ1v) is 14.9. The lowest BCUT2D eigenvalue weighted by Crippen LogP contribution is -2.52. The standard InChI is InChI=1S/C31H39N3O4S/c1-5-7-21-32-31(36)28(6-2)33(22-26-16-10-8-11-17-26)30(35)23-34(29-20-14-15-24(3)25(29)4)39(37,38)27-18-12-9-13-19-27/h8-20,28H,5-7,21-23H2,1-4H3,(H,32,36). The summed E-state index contributed by atoms with van der Waals surface area (Å²) in [5.41, 5.74) is 2.97. The predicted molar refractivity (Wildman–Crippen MR) is 156 cm³/mol. The van der Waals surface area contributed by atoms with Crippen LogP contribution in [0.25, 0.3) is 0 Å². The molecule has 0 fully saturated rings. The van der Waals surface area contributed by atoms with Gasteiger partial charge in [0, 0.05) is 13.1 Å². The van der Waals surface area contributed by atoms with Crippen LogP contribution in [0.1, 0.15) is 49.8 Å². The molecule has 3 aromatic carbocycles. The first kappa shape index (κ1) is 29.9. The van der Waals surface area contributed by atoms with Crippen molar-refractivity contribution < 1.29 is 18.0 Å². The van der Waals surface area contributed by atoms with Gasteiger partial charge in [0.2, 0.25) is 11.8 Å². The average Bonchev–Trinajstić information content (AvgIpc) is 2.94. The lowest BCUT2D eigenvalue weighted by Gasteiger charge is -2.33. The summed E-state index contributed by atoms with van der Waals surface area (Å²) in [6, 6.07) is 22.2. The number of nitrogens with one attached hydrogen (secondary N) is 1. The van der Waals surface area contributed by atoms with Crippen molar-refractivity contribution >= 4 is 27.5 Å². The van der Waals surface area contributed by atoms with Crippen LogP contribution in [0, 0.1) is 13.8 Å². The molecule has 0 bridgehead atoms. The van der Waals surface area contributed by atoms with Gasteiger partial charge >= 0.3 is 0 Å². The van der Waals surface area contributed by atoms with Crippen molar-refractivity contribution in [3.8, 4) is 0 Å². The van der Waals surface area contributed by atoms with E-state index in [1.54, 1.807) is 30.3 Å². The molecular formula is C31H39N3O4S. The Morgan fingerprint density at radius 3 is 2.13 bits per heavy atom. The summed E-state index contributed by atoms with van der Waals surface area (Å²) in [6.07, 6.45) is 2.17. The first-order valence-electron chi connectivity index (χ1n) is 13.5. The third kappa shape index (κ3) is 7.47. The maximum absolute atomic E-state index is 14.1. The van der Waals surface area contributed by atoms with E-state index < -0.39 is 28.5 Å². The van der Waals surface area contributed by atoms with E-state index in [0.29, 0.717) is 18.7 Å². The fraction of sp³-hybridized carbons (Fsp3) is 0.355. The predicted octanol–water partition coefficient (Wildman–Crippen LogP) is 5.22. The van der Waals surface area contributed by atoms with Crippen LogP contribution in [0.4, 0.5) is 5.69 Å². The third-order valence-corrected chi connectivity index (χ3v) is 8.64. The number of carbonyl (C=O) groups is 2. The molecule has 2 amide bonds. The van der Waals surface area contributed by atoms with E-state index in [0.717, 1.165) is 29.5 Å². The zero-order valence-corrected chi connectivity index (χ0v) is 24.1. The smallest absolute Gasteiger partial charge is 0.264 e. The van der Waals surface area contributed by atoms with E-state index in [1.165, 1.54) is 21.3 Å². The number of anilines is 1. The van der Waals surface area contributed by atoms with Gasteiger partial charge in [-0.1, -0.05) is 80.9 Å². The molecule has 0 saturated heterocycles. The molecule has 39 heavy (non-hydrogen) atoms. The number of unbranched alkanes of at least 4 members (excludes halogenated alkanes) is 1. The van der Waals surface area contributed by atoms with Crippen molar-refractivity contribution in [2.75, 3.05) is 17.4 Å². The minimum Gasteiger partial charge on any atom is -0.354 e. The number of aryl methyl sites for hydroxylation is 1. The van der Waals surface area contributed by atoms with E-state index in [-0.39, 0.29) is 17.3 Å². The molecular weight excluding hydrogens is 510 g/mol. The molecule has 0 aliphatic rings. The van der Waals surface area contributed by atoms with Gasteiger partial charge in [-0.3, -0.25) is 13.9 Å². The molecule has 208 valence electrons. The zero-order valence-electron chi connectivity index (χ0n) is 23.3. The van der Waals surface area contributed by atoms with E-state index >= 15 is 0 Å². The summed E-state index contributed by atoms with van der Waals surface area (Å²) < 4.78 is 29.0. The SMILES string of the molecule is CCCCNC(=O)C(CC)N(Cc1ccccc1)C(=O)CN(c1cccc(C)c1C)S(=O)(=O)c1ccccc1. The molecule has 3 aromatic rings. The van der Waals surface area contributed by atoms with Crippen molar-refractivity contribution in [2.45, 2.75) is 64.4 Å². The highest BCUT2D eigenvalue weighted by molar-refractivity contribution is 7.92. The molecule has 0 aliphatic heterocycles. The molecule has 0 spiro atoms. The Morgan fingerprint density at radius 1 is 0.872 bits per heavy atom. The monoisotopic (exact) mass is 549 g/mol. The highest BCUT2D eigenvalue weighted by Gasteiger charge is 2.34. The summed E-state index contributed by atoms with van der Waals surface area (Å²) in [6.45, 7) is 7.93. The average molecular weight is 550 g/mol. The second-order valence-corrected chi connectivity index (χ2v) is 11.5. The van der Waals surface area contributed by atoms with E-state index in [1.807, 2.05) is 64.1 Å². The number of carbonyl (C=O) groups excluding carboxylic acids is 2. The van der Waals surface area contributed by atoms with Crippen LogP contribution in [-0.2, 0) is 26.2 Å². The highest BCUT2D eigenvalue weighted by Crippen LogP contribution is 2.29. The molecule has 3 rings (SSSR count). The Bertz CT molecular complexity index is 1340. The van der Waals surface area contributed by atoms with Crippen molar-refractivity contribution in [3.63, 3.8) is 0 Å². The fourth-order valence-corrected chi connectivity index (χ4v) is 5.94. The number of hydrogen-bond acceptors (Lipinski definition) is 4. The maximum Gasteiger partial charge on any atom is 0.264 e. The largest absolute Gasteiger partial charge is 0.354 e. The quantitative estimate of drug-likeness (QED) is 0.296. The van der Waals surface area contributed by atoms with Crippen LogP contribution in [0.3, 0.4) is 0 Å². The Labute approximate surface area is 232 Å². The normalized spacial score (nSPS) is 12.0. The van der Waals surface area contributed by atoms with Gasteiger partial charge in [-0.25, -0.2) is 8.42 Å². The number of hydrogen-bond donors (Lipinski definition) is 1. The summed E-state index contributed by atoms with van der Waals surface area (Å²) in [4.78, 5) is 28.9. The Morgan fingerprint density at radius 2 is 1.51 bits per heavy atom. The Hall–Kier alpha value is -3.65. The lowest BCUT2D eigenvalue weighted by molar-refractivity contribution is -0.140. The van der Waals surface area contributed by atoms with Crippen LogP contribution < -0.4 is 9.62 Å². The lowest BCUT2D eigenvalue weighted by atomic mass is 10.1. The number of nitrogens with zero attached hydrogens (tertiary/aromatic N) is 2. The second-order valence-electron chi connectivity index (χ2n) is 9.62. The van der Waals surface area contributed by atoms with Crippen LogP contribution >= 0.6 is 0 Å². The van der Waals surface area contributed by atoms with Crippen LogP contribution in [-0.4, -0.2) is 44.3 Å². The highest BCUT2D eigenvalue weighted by atomic mass is 32.2.